The summed E-state index contributed by atoms with van der Waals surface area (Å²) in [7, 11) is 0. The number of piperazine rings is 1. The van der Waals surface area contributed by atoms with Crippen molar-refractivity contribution in [2.24, 2.45) is 0 Å². The van der Waals surface area contributed by atoms with Crippen LogP contribution in [0.3, 0.4) is 0 Å². The molecule has 1 saturated heterocycles. The average molecular weight is 326 g/mol. The zero-order valence-electron chi connectivity index (χ0n) is 13.4. The number of anilines is 1. The van der Waals surface area contributed by atoms with E-state index in [4.69, 9.17) is 12.2 Å². The molecule has 0 saturated carbocycles. The molecular weight excluding hydrogens is 304 g/mol. The van der Waals surface area contributed by atoms with Gasteiger partial charge in [0.05, 0.1) is 0 Å². The first-order valence-electron chi connectivity index (χ1n) is 7.94. The Bertz CT molecular complexity index is 651. The van der Waals surface area contributed by atoms with Crippen LogP contribution in [-0.2, 0) is 6.54 Å². The minimum atomic E-state index is 0.819. The summed E-state index contributed by atoms with van der Waals surface area (Å²) in [5, 5.41) is 4.17. The van der Waals surface area contributed by atoms with E-state index in [1.54, 1.807) is 0 Å². The van der Waals surface area contributed by atoms with Gasteiger partial charge in [-0.2, -0.15) is 0 Å². The third kappa shape index (κ3) is 4.50. The van der Waals surface area contributed by atoms with E-state index in [0.29, 0.717) is 0 Å². The summed E-state index contributed by atoms with van der Waals surface area (Å²) in [5.74, 6) is 0. The predicted octanol–water partition coefficient (Wildman–Crippen LogP) is 2.90. The minimum absolute atomic E-state index is 0.819. The highest BCUT2D eigenvalue weighted by Crippen LogP contribution is 2.13. The third-order valence-electron chi connectivity index (χ3n) is 4.08. The van der Waals surface area contributed by atoms with Crippen molar-refractivity contribution < 1.29 is 0 Å². The second-order valence-corrected chi connectivity index (χ2v) is 6.30. The number of benzene rings is 1. The molecule has 3 rings (SSSR count). The van der Waals surface area contributed by atoms with Gasteiger partial charge >= 0.3 is 0 Å². The molecular formula is C18H22N4S. The number of pyridine rings is 1. The van der Waals surface area contributed by atoms with Crippen LogP contribution in [0, 0.1) is 6.92 Å². The van der Waals surface area contributed by atoms with Crippen molar-refractivity contribution in [2.75, 3.05) is 31.5 Å². The van der Waals surface area contributed by atoms with Crippen LogP contribution in [0.5, 0.6) is 0 Å². The van der Waals surface area contributed by atoms with Gasteiger partial charge in [0.25, 0.3) is 0 Å². The number of hydrogen-bond donors (Lipinski definition) is 1. The number of hydrogen-bond acceptors (Lipinski definition) is 3. The molecule has 1 aromatic heterocycles. The highest BCUT2D eigenvalue weighted by molar-refractivity contribution is 7.80. The summed E-state index contributed by atoms with van der Waals surface area (Å²) < 4.78 is 0. The number of thiocarbonyl (C=S) groups is 1. The number of aromatic nitrogens is 1. The van der Waals surface area contributed by atoms with E-state index in [2.05, 4.69) is 57.4 Å². The Labute approximate surface area is 143 Å². The Morgan fingerprint density at radius 3 is 2.57 bits per heavy atom. The van der Waals surface area contributed by atoms with Gasteiger partial charge in [0.15, 0.2) is 5.11 Å². The maximum absolute atomic E-state index is 5.56. The average Bonchev–Trinajstić information content (AvgIpc) is 2.56. The minimum Gasteiger partial charge on any atom is -0.346 e. The molecule has 2 aromatic rings. The molecule has 1 aromatic carbocycles. The molecule has 4 nitrogen and oxygen atoms in total. The largest absolute Gasteiger partial charge is 0.346 e. The lowest BCUT2D eigenvalue weighted by atomic mass is 10.2. The van der Waals surface area contributed by atoms with Crippen molar-refractivity contribution in [3.05, 3.63) is 59.9 Å². The quantitative estimate of drug-likeness (QED) is 0.877. The van der Waals surface area contributed by atoms with Gasteiger partial charge in [-0.15, -0.1) is 0 Å². The highest BCUT2D eigenvalue weighted by atomic mass is 32.1. The van der Waals surface area contributed by atoms with Crippen molar-refractivity contribution >= 4 is 23.0 Å². The van der Waals surface area contributed by atoms with E-state index in [1.807, 2.05) is 18.5 Å². The molecule has 0 unspecified atom stereocenters. The van der Waals surface area contributed by atoms with Crippen molar-refractivity contribution in [3.8, 4) is 0 Å². The SMILES string of the molecule is Cc1cccc(NC(=S)N2CCN(Cc3ccncc3)CC2)c1. The fraction of sp³-hybridized carbons (Fsp3) is 0.333. The second-order valence-electron chi connectivity index (χ2n) is 5.92. The smallest absolute Gasteiger partial charge is 0.173 e. The first kappa shape index (κ1) is 15.9. The van der Waals surface area contributed by atoms with Gasteiger partial charge < -0.3 is 10.2 Å². The van der Waals surface area contributed by atoms with Crippen molar-refractivity contribution in [3.63, 3.8) is 0 Å². The van der Waals surface area contributed by atoms with E-state index in [1.165, 1.54) is 11.1 Å². The number of nitrogens with one attached hydrogen (secondary N) is 1. The zero-order chi connectivity index (χ0) is 16.1. The molecule has 5 heteroatoms. The summed E-state index contributed by atoms with van der Waals surface area (Å²) in [6, 6.07) is 12.5. The normalized spacial score (nSPS) is 15.4. The lowest BCUT2D eigenvalue weighted by Crippen LogP contribution is -2.49. The summed E-state index contributed by atoms with van der Waals surface area (Å²) in [4.78, 5) is 8.78. The van der Waals surface area contributed by atoms with E-state index < -0.39 is 0 Å². The Kier molecular flexibility index (Phi) is 5.20. The maximum atomic E-state index is 5.56. The summed E-state index contributed by atoms with van der Waals surface area (Å²) in [5.41, 5.74) is 3.61. The van der Waals surface area contributed by atoms with Gasteiger partial charge in [-0.3, -0.25) is 9.88 Å². The van der Waals surface area contributed by atoms with Crippen LogP contribution in [0.15, 0.2) is 48.8 Å². The van der Waals surface area contributed by atoms with Crippen molar-refractivity contribution in [2.45, 2.75) is 13.5 Å². The topological polar surface area (TPSA) is 31.4 Å². The van der Waals surface area contributed by atoms with E-state index in [-0.39, 0.29) is 0 Å². The van der Waals surface area contributed by atoms with Gasteiger partial charge in [0.1, 0.15) is 0 Å². The van der Waals surface area contributed by atoms with Gasteiger partial charge in [0.2, 0.25) is 0 Å². The Morgan fingerprint density at radius 1 is 1.13 bits per heavy atom. The summed E-state index contributed by atoms with van der Waals surface area (Å²) in [6.45, 7) is 7.04. The Morgan fingerprint density at radius 2 is 1.87 bits per heavy atom. The standard InChI is InChI=1S/C18H22N4S/c1-15-3-2-4-17(13-15)20-18(23)22-11-9-21(10-12-22)14-16-5-7-19-8-6-16/h2-8,13H,9-12,14H2,1H3,(H,20,23). The molecule has 120 valence electrons. The van der Waals surface area contributed by atoms with Crippen molar-refractivity contribution in [1.29, 1.82) is 0 Å². The molecule has 0 radical (unpaired) electrons. The fourth-order valence-corrected chi connectivity index (χ4v) is 3.08. The third-order valence-corrected chi connectivity index (χ3v) is 4.44. The molecule has 0 amide bonds. The van der Waals surface area contributed by atoms with Crippen LogP contribution in [0.1, 0.15) is 11.1 Å². The second kappa shape index (κ2) is 7.53. The van der Waals surface area contributed by atoms with Gasteiger partial charge in [0, 0.05) is 50.8 Å². The molecule has 1 N–H and O–H groups in total. The molecule has 1 fully saturated rings. The molecule has 23 heavy (non-hydrogen) atoms. The summed E-state index contributed by atoms with van der Waals surface area (Å²) in [6.07, 6.45) is 3.71. The van der Waals surface area contributed by atoms with Crippen LogP contribution < -0.4 is 5.32 Å². The number of nitrogens with zero attached hydrogens (tertiary/aromatic N) is 3. The Hall–Kier alpha value is -1.98. The molecule has 0 bridgehead atoms. The maximum Gasteiger partial charge on any atom is 0.173 e. The zero-order valence-corrected chi connectivity index (χ0v) is 14.2. The molecule has 0 atom stereocenters. The molecule has 0 spiro atoms. The molecule has 2 heterocycles. The number of rotatable bonds is 3. The first-order chi connectivity index (χ1) is 11.2. The molecule has 0 aliphatic carbocycles. The van der Waals surface area contributed by atoms with Gasteiger partial charge in [-0.1, -0.05) is 12.1 Å². The lowest BCUT2D eigenvalue weighted by Gasteiger charge is -2.36. The van der Waals surface area contributed by atoms with Crippen LogP contribution in [-0.4, -0.2) is 46.1 Å². The van der Waals surface area contributed by atoms with E-state index >= 15 is 0 Å². The molecule has 1 aliphatic heterocycles. The Balaban J connectivity index is 1.49. The van der Waals surface area contributed by atoms with Crippen molar-refractivity contribution in [1.82, 2.24) is 14.8 Å². The van der Waals surface area contributed by atoms with Crippen LogP contribution in [0.25, 0.3) is 0 Å². The lowest BCUT2D eigenvalue weighted by molar-refractivity contribution is 0.177. The molecule has 1 aliphatic rings. The van der Waals surface area contributed by atoms with Crippen LogP contribution >= 0.6 is 12.2 Å². The monoisotopic (exact) mass is 326 g/mol. The van der Waals surface area contributed by atoms with Crippen LogP contribution in [0.4, 0.5) is 5.69 Å². The summed E-state index contributed by atoms with van der Waals surface area (Å²) >= 11 is 5.56. The van der Waals surface area contributed by atoms with E-state index in [9.17, 15) is 0 Å². The number of aryl methyl sites for hydroxylation is 1. The van der Waals surface area contributed by atoms with Gasteiger partial charge in [-0.05, 0) is 54.5 Å². The fourth-order valence-electron chi connectivity index (χ4n) is 2.78. The van der Waals surface area contributed by atoms with Crippen LogP contribution in [0.2, 0.25) is 0 Å². The first-order valence-corrected chi connectivity index (χ1v) is 8.35. The highest BCUT2D eigenvalue weighted by Gasteiger charge is 2.19. The predicted molar refractivity (Wildman–Crippen MR) is 98.5 cm³/mol. The van der Waals surface area contributed by atoms with E-state index in [0.717, 1.165) is 43.5 Å². The van der Waals surface area contributed by atoms with Gasteiger partial charge in [-0.25, -0.2) is 0 Å².